The molecule has 0 bridgehead atoms. The van der Waals surface area contributed by atoms with Crippen LogP contribution in [0.25, 0.3) is 0 Å². The van der Waals surface area contributed by atoms with Crippen molar-refractivity contribution in [3.05, 3.63) is 28.2 Å². The lowest BCUT2D eigenvalue weighted by molar-refractivity contribution is -0.137. The summed E-state index contributed by atoms with van der Waals surface area (Å²) >= 11 is 0. The first kappa shape index (κ1) is 17.7. The van der Waals surface area contributed by atoms with Gasteiger partial charge in [0.25, 0.3) is 5.56 Å². The number of hydrogen-bond acceptors (Lipinski definition) is 3. The number of carbonyl (C=O) groups is 2. The highest BCUT2D eigenvalue weighted by Gasteiger charge is 2.32. The average Bonchev–Trinajstić information content (AvgIpc) is 2.36. The van der Waals surface area contributed by atoms with Gasteiger partial charge in [0.2, 0.25) is 11.8 Å². The Morgan fingerprint density at radius 3 is 2.32 bits per heavy atom. The van der Waals surface area contributed by atoms with Crippen molar-refractivity contribution < 1.29 is 22.8 Å². The number of H-pyrrole nitrogens is 1. The number of anilines is 1. The van der Waals surface area contributed by atoms with Gasteiger partial charge < -0.3 is 15.6 Å². The van der Waals surface area contributed by atoms with Crippen LogP contribution in [-0.4, -0.2) is 22.8 Å². The van der Waals surface area contributed by atoms with Crippen LogP contribution in [0.3, 0.4) is 0 Å². The van der Waals surface area contributed by atoms with E-state index in [2.05, 4.69) is 10.6 Å². The summed E-state index contributed by atoms with van der Waals surface area (Å²) in [6.45, 7) is 4.51. The van der Waals surface area contributed by atoms with Crippen LogP contribution in [0.15, 0.2) is 17.1 Å². The van der Waals surface area contributed by atoms with E-state index in [9.17, 15) is 27.6 Å². The molecule has 1 atom stereocenters. The molecule has 0 aliphatic carbocycles. The third kappa shape index (κ3) is 4.61. The van der Waals surface area contributed by atoms with Crippen molar-refractivity contribution in [2.75, 3.05) is 5.32 Å². The van der Waals surface area contributed by atoms with Crippen LogP contribution in [0.2, 0.25) is 0 Å². The highest BCUT2D eigenvalue weighted by atomic mass is 19.4. The van der Waals surface area contributed by atoms with E-state index >= 15 is 0 Å². The lowest BCUT2D eigenvalue weighted by atomic mass is 10.0. The lowest BCUT2D eigenvalue weighted by Gasteiger charge is -2.20. The Morgan fingerprint density at radius 1 is 1.27 bits per heavy atom. The van der Waals surface area contributed by atoms with E-state index in [0.29, 0.717) is 12.3 Å². The third-order valence-corrected chi connectivity index (χ3v) is 2.80. The molecular weight excluding hydrogens is 303 g/mol. The van der Waals surface area contributed by atoms with E-state index in [4.69, 9.17) is 0 Å². The molecule has 1 aromatic rings. The van der Waals surface area contributed by atoms with Gasteiger partial charge >= 0.3 is 6.18 Å². The molecule has 1 rings (SSSR count). The van der Waals surface area contributed by atoms with Gasteiger partial charge in [0, 0.05) is 13.1 Å². The number of hydrogen-bond donors (Lipinski definition) is 3. The van der Waals surface area contributed by atoms with Gasteiger partial charge in [-0.25, -0.2) is 0 Å². The number of nitrogens with one attached hydrogen (secondary N) is 3. The number of halogens is 3. The fraction of sp³-hybridized carbons (Fsp3) is 0.462. The van der Waals surface area contributed by atoms with Crippen molar-refractivity contribution in [2.45, 2.75) is 33.0 Å². The molecule has 0 unspecified atom stereocenters. The second-order valence-corrected chi connectivity index (χ2v) is 5.04. The molecule has 3 N–H and O–H groups in total. The van der Waals surface area contributed by atoms with E-state index in [-0.39, 0.29) is 5.92 Å². The number of rotatable bonds is 4. The minimum atomic E-state index is -4.65. The second kappa shape index (κ2) is 6.63. The standard InChI is InChI=1S/C13H16F3N3O3/c1-6(2)10(18-7(3)20)12(22)19-9-4-8(13(14,15)16)5-17-11(9)21/h4-6,10H,1-3H3,(H,17,21)(H,18,20)(H,19,22)/t10-/m1/s1. The van der Waals surface area contributed by atoms with E-state index < -0.39 is 40.8 Å². The summed E-state index contributed by atoms with van der Waals surface area (Å²) in [7, 11) is 0. The Morgan fingerprint density at radius 2 is 1.86 bits per heavy atom. The molecule has 0 radical (unpaired) electrons. The molecule has 22 heavy (non-hydrogen) atoms. The number of carbonyl (C=O) groups excluding carboxylic acids is 2. The molecule has 0 aliphatic rings. The first-order valence-corrected chi connectivity index (χ1v) is 6.40. The molecule has 1 aromatic heterocycles. The van der Waals surface area contributed by atoms with Gasteiger partial charge in [-0.2, -0.15) is 13.2 Å². The molecule has 0 saturated carbocycles. The summed E-state index contributed by atoms with van der Waals surface area (Å²) in [6.07, 6.45) is -4.13. The zero-order chi connectivity index (χ0) is 17.1. The predicted molar refractivity (Wildman–Crippen MR) is 73.1 cm³/mol. The molecule has 0 fully saturated rings. The Kier molecular flexibility index (Phi) is 5.34. The van der Waals surface area contributed by atoms with Gasteiger partial charge in [-0.3, -0.25) is 14.4 Å². The molecule has 0 aromatic carbocycles. The second-order valence-electron chi connectivity index (χ2n) is 5.04. The van der Waals surface area contributed by atoms with Crippen LogP contribution in [0.1, 0.15) is 26.3 Å². The summed E-state index contributed by atoms with van der Waals surface area (Å²) in [4.78, 5) is 36.5. The monoisotopic (exact) mass is 319 g/mol. The Balaban J connectivity index is 3.05. The third-order valence-electron chi connectivity index (χ3n) is 2.80. The molecule has 122 valence electrons. The molecule has 0 saturated heterocycles. The van der Waals surface area contributed by atoms with E-state index in [1.807, 2.05) is 4.98 Å². The number of amides is 2. The Labute approximate surface area is 124 Å². The van der Waals surface area contributed by atoms with Gasteiger partial charge in [-0.05, 0) is 12.0 Å². The zero-order valence-electron chi connectivity index (χ0n) is 12.2. The summed E-state index contributed by atoms with van der Waals surface area (Å²) in [6, 6.07) is -0.423. The maximum atomic E-state index is 12.6. The van der Waals surface area contributed by atoms with Crippen LogP contribution < -0.4 is 16.2 Å². The molecular formula is C13H16F3N3O3. The van der Waals surface area contributed by atoms with Gasteiger partial charge in [0.15, 0.2) is 0 Å². The minimum Gasteiger partial charge on any atom is -0.344 e. The van der Waals surface area contributed by atoms with E-state index in [0.717, 1.165) is 0 Å². The Bertz CT molecular complexity index is 623. The maximum absolute atomic E-state index is 12.6. The van der Waals surface area contributed by atoms with Crippen LogP contribution in [-0.2, 0) is 15.8 Å². The normalized spacial score (nSPS) is 12.9. The van der Waals surface area contributed by atoms with E-state index in [1.54, 1.807) is 13.8 Å². The average molecular weight is 319 g/mol. The lowest BCUT2D eigenvalue weighted by Crippen LogP contribution is -2.46. The number of pyridine rings is 1. The summed E-state index contributed by atoms with van der Waals surface area (Å²) in [5.74, 6) is -1.55. The van der Waals surface area contributed by atoms with Crippen LogP contribution in [0.5, 0.6) is 0 Å². The fourth-order valence-corrected chi connectivity index (χ4v) is 1.70. The van der Waals surface area contributed by atoms with Crippen molar-refractivity contribution in [3.8, 4) is 0 Å². The number of aromatic nitrogens is 1. The molecule has 6 nitrogen and oxygen atoms in total. The summed E-state index contributed by atoms with van der Waals surface area (Å²) in [5.41, 5.74) is -2.49. The minimum absolute atomic E-state index is 0.311. The molecule has 1 heterocycles. The highest BCUT2D eigenvalue weighted by molar-refractivity contribution is 5.97. The quantitative estimate of drug-likeness (QED) is 0.785. The molecule has 0 aliphatic heterocycles. The molecule has 0 spiro atoms. The van der Waals surface area contributed by atoms with Gasteiger partial charge in [0.05, 0.1) is 5.56 Å². The first-order valence-electron chi connectivity index (χ1n) is 6.40. The molecule has 9 heteroatoms. The van der Waals surface area contributed by atoms with Gasteiger partial charge in [-0.1, -0.05) is 13.8 Å². The summed E-state index contributed by atoms with van der Waals surface area (Å²) in [5, 5.41) is 4.49. The van der Waals surface area contributed by atoms with Crippen molar-refractivity contribution in [3.63, 3.8) is 0 Å². The SMILES string of the molecule is CC(=O)N[C@@H](C(=O)Nc1cc(C(F)(F)F)c[nH]c1=O)C(C)C. The predicted octanol–water partition coefficient (Wildman–Crippen LogP) is 1.49. The van der Waals surface area contributed by atoms with E-state index in [1.165, 1.54) is 6.92 Å². The summed E-state index contributed by atoms with van der Waals surface area (Å²) < 4.78 is 37.8. The largest absolute Gasteiger partial charge is 0.417 e. The smallest absolute Gasteiger partial charge is 0.344 e. The van der Waals surface area contributed by atoms with Crippen LogP contribution in [0, 0.1) is 5.92 Å². The van der Waals surface area contributed by atoms with Crippen molar-refractivity contribution in [1.29, 1.82) is 0 Å². The number of alkyl halides is 3. The number of aromatic amines is 1. The van der Waals surface area contributed by atoms with Gasteiger partial charge in [-0.15, -0.1) is 0 Å². The van der Waals surface area contributed by atoms with Crippen LogP contribution >= 0.6 is 0 Å². The maximum Gasteiger partial charge on any atom is 0.417 e. The first-order chi connectivity index (χ1) is 10.0. The topological polar surface area (TPSA) is 91.1 Å². The fourth-order valence-electron chi connectivity index (χ4n) is 1.70. The van der Waals surface area contributed by atoms with Crippen LogP contribution in [0.4, 0.5) is 18.9 Å². The van der Waals surface area contributed by atoms with Gasteiger partial charge in [0.1, 0.15) is 11.7 Å². The Hall–Kier alpha value is -2.32. The highest BCUT2D eigenvalue weighted by Crippen LogP contribution is 2.29. The zero-order valence-corrected chi connectivity index (χ0v) is 12.2. The van der Waals surface area contributed by atoms with Crippen molar-refractivity contribution >= 4 is 17.5 Å². The van der Waals surface area contributed by atoms with Crippen molar-refractivity contribution in [1.82, 2.24) is 10.3 Å². The molecule has 2 amide bonds. The van der Waals surface area contributed by atoms with Crippen molar-refractivity contribution in [2.24, 2.45) is 5.92 Å².